The lowest BCUT2D eigenvalue weighted by molar-refractivity contribution is 1.21. The summed E-state index contributed by atoms with van der Waals surface area (Å²) in [6.07, 6.45) is 3.25. The molecule has 0 saturated carbocycles. The zero-order valence-electron chi connectivity index (χ0n) is 5.66. The van der Waals surface area contributed by atoms with E-state index in [1.807, 2.05) is 0 Å². The Hall–Kier alpha value is -1.10. The number of halogens is 1. The second-order valence-electron chi connectivity index (χ2n) is 1.91. The van der Waals surface area contributed by atoms with E-state index in [1.165, 1.54) is 0 Å². The van der Waals surface area contributed by atoms with Crippen molar-refractivity contribution in [3.8, 4) is 0 Å². The van der Waals surface area contributed by atoms with Gasteiger partial charge in [0.2, 0.25) is 0 Å². The summed E-state index contributed by atoms with van der Waals surface area (Å²) in [6.45, 7) is 0. The topological polar surface area (TPSA) is 77.3 Å². The molecule has 0 saturated heterocycles. The minimum absolute atomic E-state index is 0.277. The summed E-state index contributed by atoms with van der Waals surface area (Å²) < 4.78 is 0.849. The van der Waals surface area contributed by atoms with Gasteiger partial charge in [0.1, 0.15) is 0 Å². The van der Waals surface area contributed by atoms with E-state index in [0.717, 1.165) is 4.47 Å². The maximum absolute atomic E-state index is 5.43. The van der Waals surface area contributed by atoms with Gasteiger partial charge in [0.05, 0.1) is 0 Å². The monoisotopic (exact) mass is 214 g/mol. The van der Waals surface area contributed by atoms with Crippen molar-refractivity contribution in [3.63, 3.8) is 0 Å². The van der Waals surface area contributed by atoms with E-state index in [-0.39, 0.29) is 5.84 Å². The third-order valence-electron chi connectivity index (χ3n) is 1.14. The van der Waals surface area contributed by atoms with Crippen LogP contribution in [-0.4, -0.2) is 10.8 Å². The minimum atomic E-state index is 0.277. The van der Waals surface area contributed by atoms with Gasteiger partial charge in [-0.15, -0.1) is 0 Å². The first kappa shape index (κ1) is 8.00. The second kappa shape index (κ2) is 3.34. The van der Waals surface area contributed by atoms with Gasteiger partial charge < -0.3 is 11.6 Å². The molecule has 0 unspecified atom stereocenters. The Kier molecular flexibility index (Phi) is 2.43. The molecule has 1 heterocycles. The number of amidine groups is 1. The average molecular weight is 215 g/mol. The molecule has 0 radical (unpaired) electrons. The summed E-state index contributed by atoms with van der Waals surface area (Å²) in [4.78, 5) is 3.89. The molecule has 11 heavy (non-hydrogen) atoms. The van der Waals surface area contributed by atoms with Crippen molar-refractivity contribution < 1.29 is 0 Å². The van der Waals surface area contributed by atoms with Gasteiger partial charge in [-0.3, -0.25) is 4.98 Å². The normalized spacial score (nSPS) is 11.5. The zero-order valence-corrected chi connectivity index (χ0v) is 7.25. The van der Waals surface area contributed by atoms with Gasteiger partial charge in [-0.25, -0.2) is 0 Å². The third-order valence-corrected chi connectivity index (χ3v) is 1.57. The molecule has 0 spiro atoms. The number of pyridine rings is 1. The summed E-state index contributed by atoms with van der Waals surface area (Å²) in [6, 6.07) is 1.79. The second-order valence-corrected chi connectivity index (χ2v) is 2.82. The fraction of sp³-hybridized carbons (Fsp3) is 0. The molecule has 0 aliphatic rings. The van der Waals surface area contributed by atoms with Crippen LogP contribution < -0.4 is 11.6 Å². The van der Waals surface area contributed by atoms with Gasteiger partial charge in [0.25, 0.3) is 0 Å². The number of nitrogens with zero attached hydrogens (tertiary/aromatic N) is 2. The summed E-state index contributed by atoms with van der Waals surface area (Å²) >= 11 is 3.25. The fourth-order valence-electron chi connectivity index (χ4n) is 0.626. The van der Waals surface area contributed by atoms with Crippen LogP contribution >= 0.6 is 15.9 Å². The number of hydrogen-bond acceptors (Lipinski definition) is 3. The van der Waals surface area contributed by atoms with E-state index in [0.29, 0.717) is 5.56 Å². The van der Waals surface area contributed by atoms with Crippen LogP contribution in [0.2, 0.25) is 0 Å². The zero-order chi connectivity index (χ0) is 8.27. The maximum atomic E-state index is 5.43. The minimum Gasteiger partial charge on any atom is -0.382 e. The van der Waals surface area contributed by atoms with Gasteiger partial charge >= 0.3 is 0 Å². The molecule has 0 aliphatic heterocycles. The van der Waals surface area contributed by atoms with Crippen molar-refractivity contribution in [1.82, 2.24) is 4.98 Å². The smallest absolute Gasteiger partial charge is 0.151 e. The van der Waals surface area contributed by atoms with E-state index >= 15 is 0 Å². The standard InChI is InChI=1S/C6H7BrN4/c7-5-1-4(2-10-3-5)6(8)11-9/h1-3H,9H2,(H2,8,11). The van der Waals surface area contributed by atoms with E-state index < -0.39 is 0 Å². The number of hydrazone groups is 1. The van der Waals surface area contributed by atoms with Crippen LogP contribution in [0, 0.1) is 0 Å². The molecule has 1 rings (SSSR count). The summed E-state index contributed by atoms with van der Waals surface area (Å²) in [7, 11) is 0. The first-order valence-corrected chi connectivity index (χ1v) is 3.67. The van der Waals surface area contributed by atoms with Gasteiger partial charge in [0, 0.05) is 22.4 Å². The number of hydrogen-bond donors (Lipinski definition) is 2. The number of rotatable bonds is 1. The van der Waals surface area contributed by atoms with Crippen molar-refractivity contribution in [2.45, 2.75) is 0 Å². The Bertz CT molecular complexity index is 284. The van der Waals surface area contributed by atoms with Crippen LogP contribution in [0.1, 0.15) is 5.56 Å². The molecule has 4 nitrogen and oxygen atoms in total. The largest absolute Gasteiger partial charge is 0.382 e. The van der Waals surface area contributed by atoms with E-state index in [9.17, 15) is 0 Å². The van der Waals surface area contributed by atoms with Gasteiger partial charge in [-0.05, 0) is 22.0 Å². The predicted molar refractivity (Wildman–Crippen MR) is 46.8 cm³/mol. The first-order chi connectivity index (χ1) is 5.24. The molecule has 0 atom stereocenters. The molecule has 0 fully saturated rings. The maximum Gasteiger partial charge on any atom is 0.151 e. The van der Waals surface area contributed by atoms with Crippen LogP contribution in [0.25, 0.3) is 0 Å². The van der Waals surface area contributed by atoms with Gasteiger partial charge in [0.15, 0.2) is 5.84 Å². The highest BCUT2D eigenvalue weighted by molar-refractivity contribution is 9.10. The van der Waals surface area contributed by atoms with Crippen molar-refractivity contribution >= 4 is 21.8 Å². The molecular weight excluding hydrogens is 208 g/mol. The number of nitrogens with two attached hydrogens (primary N) is 2. The van der Waals surface area contributed by atoms with Crippen LogP contribution in [0.4, 0.5) is 0 Å². The van der Waals surface area contributed by atoms with Crippen LogP contribution in [-0.2, 0) is 0 Å². The lowest BCUT2D eigenvalue weighted by atomic mass is 10.3. The lowest BCUT2D eigenvalue weighted by Gasteiger charge is -1.97. The molecule has 58 valence electrons. The Morgan fingerprint density at radius 2 is 2.27 bits per heavy atom. The Morgan fingerprint density at radius 1 is 1.55 bits per heavy atom. The van der Waals surface area contributed by atoms with Gasteiger partial charge in [-0.2, -0.15) is 5.10 Å². The van der Waals surface area contributed by atoms with Crippen molar-refractivity contribution in [2.75, 3.05) is 0 Å². The highest BCUT2D eigenvalue weighted by Gasteiger charge is 1.97. The molecule has 4 N–H and O–H groups in total. The summed E-state index contributed by atoms with van der Waals surface area (Å²) in [5, 5.41) is 3.33. The quantitative estimate of drug-likeness (QED) is 0.308. The lowest BCUT2D eigenvalue weighted by Crippen LogP contribution is -2.15. The van der Waals surface area contributed by atoms with Gasteiger partial charge in [-0.1, -0.05) is 0 Å². The van der Waals surface area contributed by atoms with Crippen LogP contribution in [0.15, 0.2) is 28.0 Å². The molecule has 1 aromatic heterocycles. The van der Waals surface area contributed by atoms with Crippen molar-refractivity contribution in [2.24, 2.45) is 16.7 Å². The molecular formula is C6H7BrN4. The molecule has 5 heteroatoms. The summed E-state index contributed by atoms with van der Waals surface area (Å²) in [5.74, 6) is 5.25. The van der Waals surface area contributed by atoms with Crippen LogP contribution in [0.5, 0.6) is 0 Å². The molecule has 0 bridgehead atoms. The highest BCUT2D eigenvalue weighted by atomic mass is 79.9. The Labute approximate surface area is 72.4 Å². The highest BCUT2D eigenvalue weighted by Crippen LogP contribution is 2.08. The van der Waals surface area contributed by atoms with Crippen molar-refractivity contribution in [3.05, 3.63) is 28.5 Å². The molecule has 0 aromatic carbocycles. The fourth-order valence-corrected chi connectivity index (χ4v) is 0.991. The van der Waals surface area contributed by atoms with E-state index in [1.54, 1.807) is 18.5 Å². The summed E-state index contributed by atoms with van der Waals surface area (Å²) in [5.41, 5.74) is 6.14. The average Bonchev–Trinajstić information content (AvgIpc) is 2.03. The van der Waals surface area contributed by atoms with Crippen LogP contribution in [0.3, 0.4) is 0 Å². The van der Waals surface area contributed by atoms with Crippen molar-refractivity contribution in [1.29, 1.82) is 0 Å². The Morgan fingerprint density at radius 3 is 2.82 bits per heavy atom. The first-order valence-electron chi connectivity index (χ1n) is 2.88. The van der Waals surface area contributed by atoms with E-state index in [2.05, 4.69) is 26.0 Å². The molecule has 1 aromatic rings. The number of aromatic nitrogens is 1. The molecule has 0 amide bonds. The van der Waals surface area contributed by atoms with E-state index in [4.69, 9.17) is 11.6 Å². The molecule has 0 aliphatic carbocycles. The Balaban J connectivity index is 3.06. The SMILES string of the molecule is NN=C(N)c1cncc(Br)c1. The predicted octanol–water partition coefficient (Wildman–Crippen LogP) is 0.423. The third kappa shape index (κ3) is 1.91.